The molecular weight excluding hydrogens is 301 g/mol. The average Bonchev–Trinajstić information content (AvgIpc) is 2.28. The van der Waals surface area contributed by atoms with Crippen molar-refractivity contribution in [3.63, 3.8) is 0 Å². The number of methoxy groups -OCH3 is 2. The molecule has 0 fully saturated rings. The van der Waals surface area contributed by atoms with Crippen LogP contribution in [0.5, 0.6) is 11.5 Å². The van der Waals surface area contributed by atoms with Crippen LogP contribution in [0.15, 0.2) is 18.2 Å². The van der Waals surface area contributed by atoms with Crippen molar-refractivity contribution >= 4 is 28.4 Å². The molecule has 0 atom stereocenters. The second-order valence-electron chi connectivity index (χ2n) is 2.75. The molecule has 5 heteroatoms. The Kier molecular flexibility index (Phi) is 4.74. The Morgan fingerprint density at radius 3 is 2.67 bits per heavy atom. The van der Waals surface area contributed by atoms with E-state index >= 15 is 0 Å². The first-order chi connectivity index (χ1) is 7.22. The van der Waals surface area contributed by atoms with Gasteiger partial charge in [-0.2, -0.15) is 0 Å². The molecule has 0 bridgehead atoms. The Bertz CT molecular complexity index is 355. The molecule has 1 aromatic rings. The summed E-state index contributed by atoms with van der Waals surface area (Å²) in [6.45, 7) is 0. The molecule has 0 spiro atoms. The van der Waals surface area contributed by atoms with Crippen molar-refractivity contribution in [1.29, 1.82) is 0 Å². The zero-order chi connectivity index (χ0) is 11.3. The molecule has 79 valence electrons. The molecular formula is C10H12NO3Sn. The summed E-state index contributed by atoms with van der Waals surface area (Å²) in [6, 6.07) is 5.12. The molecule has 0 aliphatic rings. The van der Waals surface area contributed by atoms with Crippen LogP contribution in [0.2, 0.25) is 0 Å². The zero-order valence-corrected chi connectivity index (χ0v) is 11.5. The van der Waals surface area contributed by atoms with Gasteiger partial charge in [0.05, 0.1) is 0 Å². The molecule has 1 N–H and O–H groups in total. The number of hydrogen-bond acceptors (Lipinski definition) is 3. The van der Waals surface area contributed by atoms with E-state index in [1.807, 2.05) is 0 Å². The van der Waals surface area contributed by atoms with Crippen molar-refractivity contribution in [3.8, 4) is 11.5 Å². The van der Waals surface area contributed by atoms with E-state index in [1.165, 1.54) is 29.6 Å². The monoisotopic (exact) mass is 314 g/mol. The molecule has 1 rings (SSSR count). The van der Waals surface area contributed by atoms with E-state index in [4.69, 9.17) is 9.47 Å². The third-order valence-corrected chi connectivity index (χ3v) is 2.41. The Labute approximate surface area is 102 Å². The van der Waals surface area contributed by atoms with Crippen molar-refractivity contribution in [2.45, 2.75) is 0 Å². The maximum atomic E-state index is 11.6. The van der Waals surface area contributed by atoms with Crippen molar-refractivity contribution in [2.75, 3.05) is 18.8 Å². The summed E-state index contributed by atoms with van der Waals surface area (Å²) in [5.41, 5.74) is 0.528. The molecule has 3 radical (unpaired) electrons. The van der Waals surface area contributed by atoms with E-state index in [9.17, 15) is 4.79 Å². The summed E-state index contributed by atoms with van der Waals surface area (Å²) < 4.78 is 10.8. The van der Waals surface area contributed by atoms with E-state index in [2.05, 4.69) is 5.32 Å². The van der Waals surface area contributed by atoms with Crippen LogP contribution in [-0.2, 0) is 0 Å². The van der Waals surface area contributed by atoms with Gasteiger partial charge in [-0.05, 0) is 0 Å². The van der Waals surface area contributed by atoms with E-state index in [0.717, 1.165) is 0 Å². The van der Waals surface area contributed by atoms with Crippen molar-refractivity contribution in [2.24, 2.45) is 0 Å². The fourth-order valence-corrected chi connectivity index (χ4v) is 1.62. The van der Waals surface area contributed by atoms with Crippen molar-refractivity contribution < 1.29 is 14.3 Å². The van der Waals surface area contributed by atoms with Gasteiger partial charge in [0, 0.05) is 0 Å². The van der Waals surface area contributed by atoms with Crippen molar-refractivity contribution in [3.05, 3.63) is 23.8 Å². The van der Waals surface area contributed by atoms with E-state index in [0.29, 0.717) is 21.6 Å². The maximum absolute atomic E-state index is 11.6. The minimum atomic E-state index is -0.119. The standard InChI is InChI=1S/C10H12NO3.Sn/c1-11-10(12)8-5-4-7(13-2)6-9(8)14-3;/h4-6H,1H2,2-3H3,(H,11,12);. The van der Waals surface area contributed by atoms with Gasteiger partial charge in [0.1, 0.15) is 0 Å². The van der Waals surface area contributed by atoms with Crippen LogP contribution in [-0.4, -0.2) is 47.2 Å². The van der Waals surface area contributed by atoms with Crippen LogP contribution in [0, 0.1) is 0 Å². The number of hydrogen-bond donors (Lipinski definition) is 1. The molecule has 0 unspecified atom stereocenters. The molecule has 0 heterocycles. The molecule has 1 amide bonds. The Hall–Kier alpha value is -0.911. The average molecular weight is 313 g/mol. The quantitative estimate of drug-likeness (QED) is 0.827. The number of amides is 1. The molecule has 15 heavy (non-hydrogen) atoms. The number of carbonyl (C=O) groups excluding carboxylic acids is 1. The summed E-state index contributed by atoms with van der Waals surface area (Å²) in [6.07, 6.45) is 0. The first-order valence-electron chi connectivity index (χ1n) is 4.37. The number of rotatable bonds is 4. The van der Waals surface area contributed by atoms with Gasteiger partial charge in [-0.15, -0.1) is 0 Å². The molecule has 0 saturated carbocycles. The summed E-state index contributed by atoms with van der Waals surface area (Å²) in [4.78, 5) is 11.6. The molecule has 0 aromatic heterocycles. The molecule has 0 saturated heterocycles. The van der Waals surface area contributed by atoms with Crippen LogP contribution in [0.1, 0.15) is 10.4 Å². The number of ether oxygens (including phenoxy) is 2. The minimum absolute atomic E-state index is 0.119. The second kappa shape index (κ2) is 5.85. The normalized spacial score (nSPS) is 9.53. The van der Waals surface area contributed by atoms with Gasteiger partial charge in [0.15, 0.2) is 0 Å². The van der Waals surface area contributed by atoms with Crippen LogP contribution >= 0.6 is 0 Å². The van der Waals surface area contributed by atoms with E-state index in [-0.39, 0.29) is 5.91 Å². The molecule has 0 aliphatic heterocycles. The van der Waals surface area contributed by atoms with Crippen LogP contribution < -0.4 is 14.8 Å². The van der Waals surface area contributed by atoms with Crippen molar-refractivity contribution in [1.82, 2.24) is 5.32 Å². The predicted molar refractivity (Wildman–Crippen MR) is 57.6 cm³/mol. The van der Waals surface area contributed by atoms with Gasteiger partial charge in [0.2, 0.25) is 0 Å². The summed E-state index contributed by atoms with van der Waals surface area (Å²) in [5.74, 6) is 1.08. The Morgan fingerprint density at radius 1 is 1.40 bits per heavy atom. The summed E-state index contributed by atoms with van der Waals surface area (Å²) >= 11 is 1.27. The topological polar surface area (TPSA) is 47.6 Å². The van der Waals surface area contributed by atoms with Gasteiger partial charge in [-0.25, -0.2) is 0 Å². The van der Waals surface area contributed by atoms with Gasteiger partial charge >= 0.3 is 102 Å². The molecule has 4 nitrogen and oxygen atoms in total. The Morgan fingerprint density at radius 2 is 2.13 bits per heavy atom. The van der Waals surface area contributed by atoms with Gasteiger partial charge in [-0.3, -0.25) is 0 Å². The number of benzene rings is 1. The van der Waals surface area contributed by atoms with Gasteiger partial charge in [0.25, 0.3) is 0 Å². The van der Waals surface area contributed by atoms with Crippen LogP contribution in [0.4, 0.5) is 0 Å². The van der Waals surface area contributed by atoms with Crippen LogP contribution in [0.3, 0.4) is 0 Å². The van der Waals surface area contributed by atoms with Gasteiger partial charge < -0.3 is 0 Å². The summed E-state index contributed by atoms with van der Waals surface area (Å²) in [7, 11) is 3.10. The van der Waals surface area contributed by atoms with Gasteiger partial charge in [-0.1, -0.05) is 0 Å². The first-order valence-corrected chi connectivity index (χ1v) is 6.39. The van der Waals surface area contributed by atoms with E-state index in [1.54, 1.807) is 25.3 Å². The number of nitrogens with one attached hydrogen (secondary N) is 1. The molecule has 1 aromatic carbocycles. The second-order valence-corrected chi connectivity index (χ2v) is 3.76. The number of carbonyl (C=O) groups is 1. The first kappa shape index (κ1) is 12.2. The zero-order valence-electron chi connectivity index (χ0n) is 8.66. The fourth-order valence-electron chi connectivity index (χ4n) is 1.16. The SMILES string of the molecule is COc1ccc(C(=O)N[CH2][Sn])c(OC)c1. The van der Waals surface area contributed by atoms with E-state index < -0.39 is 0 Å². The Balaban J connectivity index is 3.02. The van der Waals surface area contributed by atoms with Crippen LogP contribution in [0.25, 0.3) is 0 Å². The molecule has 0 aliphatic carbocycles. The third kappa shape index (κ3) is 3.02. The summed E-state index contributed by atoms with van der Waals surface area (Å²) in [5, 5.41) is 2.75. The fraction of sp³-hybridized carbons (Fsp3) is 0.300. The predicted octanol–water partition coefficient (Wildman–Crippen LogP) is 0.560. The third-order valence-electron chi connectivity index (χ3n) is 1.90.